The van der Waals surface area contributed by atoms with E-state index in [9.17, 15) is 8.42 Å². The molecule has 2 aromatic rings. The molecule has 0 unspecified atom stereocenters. The molecule has 3 N–H and O–H groups in total. The molecule has 2 rings (SSSR count). The number of nitrogens with zero attached hydrogens (tertiary/aromatic N) is 1. The molecule has 18 heavy (non-hydrogen) atoms. The average molecular weight is 285 g/mol. The van der Waals surface area contributed by atoms with Crippen LogP contribution < -0.4 is 15.2 Å². The fourth-order valence-electron chi connectivity index (χ4n) is 1.31. The number of ether oxygens (including phenoxy) is 1. The summed E-state index contributed by atoms with van der Waals surface area (Å²) >= 11 is 1.20. The maximum Gasteiger partial charge on any atom is 0.263 e. The number of anilines is 2. The minimum Gasteiger partial charge on any atom is -0.495 e. The first-order valence-corrected chi connectivity index (χ1v) is 7.25. The lowest BCUT2D eigenvalue weighted by atomic mass is 10.3. The summed E-state index contributed by atoms with van der Waals surface area (Å²) in [5.74, 6) is 0.317. The molecule has 0 saturated carbocycles. The van der Waals surface area contributed by atoms with Crippen LogP contribution in [0.3, 0.4) is 0 Å². The van der Waals surface area contributed by atoms with Gasteiger partial charge in [0, 0.05) is 17.6 Å². The SMILES string of the molecule is COc1cc(S(=O)(=O)Nc2nccs2)ccc1N. The van der Waals surface area contributed by atoms with E-state index in [0.717, 1.165) is 0 Å². The molecule has 0 aliphatic carbocycles. The summed E-state index contributed by atoms with van der Waals surface area (Å²) in [6.45, 7) is 0. The number of rotatable bonds is 4. The van der Waals surface area contributed by atoms with Crippen molar-refractivity contribution >= 4 is 32.2 Å². The van der Waals surface area contributed by atoms with E-state index in [1.54, 1.807) is 5.38 Å². The molecule has 0 radical (unpaired) electrons. The van der Waals surface area contributed by atoms with Crippen molar-refractivity contribution in [3.8, 4) is 5.75 Å². The van der Waals surface area contributed by atoms with Gasteiger partial charge >= 0.3 is 0 Å². The number of aromatic nitrogens is 1. The van der Waals surface area contributed by atoms with Gasteiger partial charge in [0.2, 0.25) is 0 Å². The summed E-state index contributed by atoms with van der Waals surface area (Å²) in [6.07, 6.45) is 1.52. The number of thiazole rings is 1. The molecule has 1 heterocycles. The third-order valence-corrected chi connectivity index (χ3v) is 4.32. The molecule has 0 saturated heterocycles. The van der Waals surface area contributed by atoms with Crippen molar-refractivity contribution in [1.82, 2.24) is 4.98 Å². The molecule has 6 nitrogen and oxygen atoms in total. The van der Waals surface area contributed by atoms with Crippen LogP contribution >= 0.6 is 11.3 Å². The number of methoxy groups -OCH3 is 1. The summed E-state index contributed by atoms with van der Waals surface area (Å²) < 4.78 is 31.4. The van der Waals surface area contributed by atoms with Crippen LogP contribution in [0.1, 0.15) is 0 Å². The Hall–Kier alpha value is -1.80. The monoisotopic (exact) mass is 285 g/mol. The zero-order valence-corrected chi connectivity index (χ0v) is 11.1. The second-order valence-electron chi connectivity index (χ2n) is 3.35. The summed E-state index contributed by atoms with van der Waals surface area (Å²) in [7, 11) is -2.24. The predicted octanol–water partition coefficient (Wildman–Crippen LogP) is 1.53. The quantitative estimate of drug-likeness (QED) is 0.831. The van der Waals surface area contributed by atoms with Gasteiger partial charge in [0.1, 0.15) is 5.75 Å². The Morgan fingerprint density at radius 2 is 2.22 bits per heavy atom. The number of hydrogen-bond acceptors (Lipinski definition) is 6. The molecule has 0 aliphatic heterocycles. The largest absolute Gasteiger partial charge is 0.495 e. The summed E-state index contributed by atoms with van der Waals surface area (Å²) in [5, 5.41) is 1.99. The van der Waals surface area contributed by atoms with Gasteiger partial charge in [0.05, 0.1) is 17.7 Å². The van der Waals surface area contributed by atoms with E-state index in [1.165, 1.54) is 42.8 Å². The van der Waals surface area contributed by atoms with E-state index < -0.39 is 10.0 Å². The number of nitrogens with one attached hydrogen (secondary N) is 1. The number of benzene rings is 1. The Morgan fingerprint density at radius 1 is 1.44 bits per heavy atom. The number of hydrogen-bond donors (Lipinski definition) is 2. The van der Waals surface area contributed by atoms with Crippen LogP contribution in [0, 0.1) is 0 Å². The van der Waals surface area contributed by atoms with Gasteiger partial charge < -0.3 is 10.5 Å². The Balaban J connectivity index is 2.35. The minimum absolute atomic E-state index is 0.0729. The van der Waals surface area contributed by atoms with Crippen molar-refractivity contribution in [3.63, 3.8) is 0 Å². The average Bonchev–Trinajstić information content (AvgIpc) is 2.81. The third-order valence-electron chi connectivity index (χ3n) is 2.17. The smallest absolute Gasteiger partial charge is 0.263 e. The van der Waals surface area contributed by atoms with Gasteiger partial charge in [0.25, 0.3) is 10.0 Å². The van der Waals surface area contributed by atoms with E-state index in [-0.39, 0.29) is 4.90 Å². The molecule has 1 aromatic carbocycles. The molecule has 0 spiro atoms. The molecule has 0 bridgehead atoms. The van der Waals surface area contributed by atoms with Crippen LogP contribution in [0.15, 0.2) is 34.7 Å². The van der Waals surface area contributed by atoms with Crippen molar-refractivity contribution in [1.29, 1.82) is 0 Å². The molecule has 0 fully saturated rings. The van der Waals surface area contributed by atoms with Crippen LogP contribution in [0.4, 0.5) is 10.8 Å². The predicted molar refractivity (Wildman–Crippen MR) is 70.3 cm³/mol. The molecular weight excluding hydrogens is 274 g/mol. The van der Waals surface area contributed by atoms with Crippen molar-refractivity contribution in [2.75, 3.05) is 17.6 Å². The normalized spacial score (nSPS) is 11.2. The number of nitrogen functional groups attached to an aromatic ring is 1. The standard InChI is InChI=1S/C10H11N3O3S2/c1-16-9-6-7(2-3-8(9)11)18(14,15)13-10-12-4-5-17-10/h2-6H,11H2,1H3,(H,12,13). The first-order valence-electron chi connectivity index (χ1n) is 4.89. The van der Waals surface area contributed by atoms with E-state index >= 15 is 0 Å². The zero-order chi connectivity index (χ0) is 13.2. The van der Waals surface area contributed by atoms with Crippen molar-refractivity contribution in [3.05, 3.63) is 29.8 Å². The Labute approximate surface area is 108 Å². The molecular formula is C10H11N3O3S2. The van der Waals surface area contributed by atoms with E-state index in [0.29, 0.717) is 16.6 Å². The summed E-state index contributed by atoms with van der Waals surface area (Å²) in [4.78, 5) is 3.93. The maximum atomic E-state index is 12.0. The topological polar surface area (TPSA) is 94.3 Å². The van der Waals surface area contributed by atoms with Crippen LogP contribution in [-0.4, -0.2) is 20.5 Å². The third kappa shape index (κ3) is 2.54. The highest BCUT2D eigenvalue weighted by Crippen LogP contribution is 2.26. The number of sulfonamides is 1. The van der Waals surface area contributed by atoms with E-state index in [4.69, 9.17) is 10.5 Å². The van der Waals surface area contributed by atoms with Crippen LogP contribution in [0.2, 0.25) is 0 Å². The lowest BCUT2D eigenvalue weighted by molar-refractivity contribution is 0.415. The Bertz CT molecular complexity index is 638. The first-order chi connectivity index (χ1) is 8.53. The maximum absolute atomic E-state index is 12.0. The van der Waals surface area contributed by atoms with Crippen molar-refractivity contribution in [2.24, 2.45) is 0 Å². The van der Waals surface area contributed by atoms with Gasteiger partial charge in [-0.15, -0.1) is 11.3 Å². The minimum atomic E-state index is -3.67. The van der Waals surface area contributed by atoms with Crippen LogP contribution in [-0.2, 0) is 10.0 Å². The van der Waals surface area contributed by atoms with Gasteiger partial charge in [-0.2, -0.15) is 0 Å². The molecule has 1 aromatic heterocycles. The summed E-state index contributed by atoms with van der Waals surface area (Å²) in [6, 6.07) is 4.26. The molecule has 8 heteroatoms. The van der Waals surface area contributed by atoms with E-state index in [2.05, 4.69) is 9.71 Å². The van der Waals surface area contributed by atoms with Gasteiger partial charge in [0.15, 0.2) is 5.13 Å². The fourth-order valence-corrected chi connectivity index (χ4v) is 3.11. The second-order valence-corrected chi connectivity index (χ2v) is 5.92. The van der Waals surface area contributed by atoms with Crippen LogP contribution in [0.25, 0.3) is 0 Å². The highest BCUT2D eigenvalue weighted by Gasteiger charge is 2.17. The molecule has 0 aliphatic rings. The van der Waals surface area contributed by atoms with Crippen LogP contribution in [0.5, 0.6) is 5.75 Å². The first kappa shape index (κ1) is 12.7. The number of nitrogens with two attached hydrogens (primary N) is 1. The summed E-state index contributed by atoms with van der Waals surface area (Å²) in [5.41, 5.74) is 6.01. The highest BCUT2D eigenvalue weighted by molar-refractivity contribution is 7.93. The molecule has 96 valence electrons. The molecule has 0 amide bonds. The molecule has 0 atom stereocenters. The lowest BCUT2D eigenvalue weighted by Gasteiger charge is -2.08. The van der Waals surface area contributed by atoms with Gasteiger partial charge in [-0.1, -0.05) is 0 Å². The van der Waals surface area contributed by atoms with E-state index in [1.807, 2.05) is 0 Å². The fraction of sp³-hybridized carbons (Fsp3) is 0.100. The Morgan fingerprint density at radius 3 is 2.83 bits per heavy atom. The Kier molecular flexibility index (Phi) is 3.39. The van der Waals surface area contributed by atoms with Gasteiger partial charge in [-0.05, 0) is 12.1 Å². The zero-order valence-electron chi connectivity index (χ0n) is 9.45. The van der Waals surface area contributed by atoms with Gasteiger partial charge in [-0.3, -0.25) is 4.72 Å². The highest BCUT2D eigenvalue weighted by atomic mass is 32.2. The van der Waals surface area contributed by atoms with Crippen molar-refractivity contribution < 1.29 is 13.2 Å². The van der Waals surface area contributed by atoms with Crippen molar-refractivity contribution in [2.45, 2.75) is 4.90 Å². The van der Waals surface area contributed by atoms with Gasteiger partial charge in [-0.25, -0.2) is 13.4 Å². The second kappa shape index (κ2) is 4.83. The lowest BCUT2D eigenvalue weighted by Crippen LogP contribution is -2.13.